The van der Waals surface area contributed by atoms with Crippen LogP contribution in [0.5, 0.6) is 5.88 Å². The minimum atomic E-state index is -0.289. The van der Waals surface area contributed by atoms with Gasteiger partial charge in [0.2, 0.25) is 17.3 Å². The molecule has 1 aliphatic rings. The number of aryl methyl sites for hydroxylation is 1. The number of para-hydroxylation sites is 1. The monoisotopic (exact) mass is 370 g/mol. The molecule has 2 aromatic heterocycles. The van der Waals surface area contributed by atoms with Crippen LogP contribution in [0.1, 0.15) is 30.0 Å². The number of thioether (sulfide) groups is 1. The fourth-order valence-electron chi connectivity index (χ4n) is 2.67. The molecule has 0 fully saturated rings. The lowest BCUT2D eigenvalue weighted by molar-refractivity contribution is 0.228. The topological polar surface area (TPSA) is 59.9 Å². The number of hydrogen-bond acceptors (Lipinski definition) is 7. The Bertz CT molecular complexity index is 896. The first kappa shape index (κ1) is 16.4. The second-order valence-electron chi connectivity index (χ2n) is 5.75. The summed E-state index contributed by atoms with van der Waals surface area (Å²) in [5.74, 6) is 1.49. The molecule has 4 rings (SSSR count). The van der Waals surface area contributed by atoms with Crippen molar-refractivity contribution in [2.24, 2.45) is 0 Å². The van der Waals surface area contributed by atoms with Gasteiger partial charge in [-0.2, -0.15) is 4.98 Å². The highest BCUT2D eigenvalue weighted by Gasteiger charge is 2.27. The molecule has 0 bridgehead atoms. The number of nitrogens with zero attached hydrogens (tertiary/aromatic N) is 3. The molecule has 0 aliphatic carbocycles. The molecule has 1 N–H and O–H groups in total. The molecule has 0 unspecified atom stereocenters. The lowest BCUT2D eigenvalue weighted by atomic mass is 10.1. The van der Waals surface area contributed by atoms with Gasteiger partial charge in [-0.15, -0.1) is 21.5 Å². The molecular formula is C18H18N4OS2. The van der Waals surface area contributed by atoms with Crippen LogP contribution in [0.25, 0.3) is 11.3 Å². The largest absolute Gasteiger partial charge is 0.447 e. The maximum atomic E-state index is 6.26. The average Bonchev–Trinajstić information content (AvgIpc) is 2.98. The Morgan fingerprint density at radius 3 is 2.92 bits per heavy atom. The second kappa shape index (κ2) is 7.01. The Morgan fingerprint density at radius 1 is 1.24 bits per heavy atom. The first-order chi connectivity index (χ1) is 12.3. The van der Waals surface area contributed by atoms with Crippen LogP contribution in [0.3, 0.4) is 0 Å². The molecule has 1 aliphatic heterocycles. The molecule has 0 radical (unpaired) electrons. The highest BCUT2D eigenvalue weighted by atomic mass is 32.2. The van der Waals surface area contributed by atoms with E-state index >= 15 is 0 Å². The first-order valence-corrected chi connectivity index (χ1v) is 10.1. The van der Waals surface area contributed by atoms with Gasteiger partial charge in [0.05, 0.1) is 4.88 Å². The zero-order valence-corrected chi connectivity index (χ0v) is 15.7. The minimum absolute atomic E-state index is 0.289. The first-order valence-electron chi connectivity index (χ1n) is 8.20. The standard InChI is InChI=1S/C18H18N4OS2/c1-3-9-25-18-20-16-14(21-22-18)12-6-4-5-7-13(12)19-17(23-16)15-11(2)8-10-24-15/h4-8,10,17,19H,3,9H2,1-2H3/t17-/m0/s1. The maximum Gasteiger partial charge on any atom is 0.247 e. The van der Waals surface area contributed by atoms with E-state index in [0.717, 1.165) is 28.3 Å². The summed E-state index contributed by atoms with van der Waals surface area (Å²) in [6.45, 7) is 4.23. The Balaban J connectivity index is 1.80. The highest BCUT2D eigenvalue weighted by Crippen LogP contribution is 2.40. The summed E-state index contributed by atoms with van der Waals surface area (Å²) in [6.07, 6.45) is 0.774. The van der Waals surface area contributed by atoms with Crippen molar-refractivity contribution < 1.29 is 4.74 Å². The van der Waals surface area contributed by atoms with Crippen LogP contribution in [0, 0.1) is 6.92 Å². The molecule has 0 saturated carbocycles. The molecule has 1 aromatic carbocycles. The van der Waals surface area contributed by atoms with E-state index in [1.165, 1.54) is 5.56 Å². The van der Waals surface area contributed by atoms with Crippen molar-refractivity contribution >= 4 is 28.8 Å². The molecule has 3 aromatic rings. The number of rotatable bonds is 4. The van der Waals surface area contributed by atoms with Crippen LogP contribution >= 0.6 is 23.1 Å². The summed E-state index contributed by atoms with van der Waals surface area (Å²) >= 11 is 3.28. The van der Waals surface area contributed by atoms with Gasteiger partial charge in [0.1, 0.15) is 0 Å². The van der Waals surface area contributed by atoms with E-state index in [1.807, 2.05) is 24.3 Å². The summed E-state index contributed by atoms with van der Waals surface area (Å²) in [7, 11) is 0. The molecule has 7 heteroatoms. The van der Waals surface area contributed by atoms with Gasteiger partial charge in [-0.1, -0.05) is 36.9 Å². The Labute approximate surface area is 154 Å². The number of hydrogen-bond donors (Lipinski definition) is 1. The minimum Gasteiger partial charge on any atom is -0.447 e. The quantitative estimate of drug-likeness (QED) is 0.658. The Kier molecular flexibility index (Phi) is 4.59. The van der Waals surface area contributed by atoms with Crippen LogP contribution < -0.4 is 10.1 Å². The van der Waals surface area contributed by atoms with Crippen molar-refractivity contribution in [1.29, 1.82) is 0 Å². The molecule has 1 atom stereocenters. The molecule has 0 amide bonds. The van der Waals surface area contributed by atoms with Crippen molar-refractivity contribution in [3.05, 3.63) is 46.2 Å². The zero-order chi connectivity index (χ0) is 17.2. The van der Waals surface area contributed by atoms with E-state index in [0.29, 0.717) is 16.7 Å². The molecule has 3 heterocycles. The number of nitrogens with one attached hydrogen (secondary N) is 1. The van der Waals surface area contributed by atoms with Gasteiger partial charge in [0.15, 0.2) is 5.69 Å². The van der Waals surface area contributed by atoms with Crippen molar-refractivity contribution in [3.8, 4) is 17.1 Å². The molecule has 0 saturated heterocycles. The van der Waals surface area contributed by atoms with Crippen molar-refractivity contribution in [2.45, 2.75) is 31.7 Å². The summed E-state index contributed by atoms with van der Waals surface area (Å²) < 4.78 is 6.26. The van der Waals surface area contributed by atoms with Gasteiger partial charge in [0, 0.05) is 17.0 Å². The summed E-state index contributed by atoms with van der Waals surface area (Å²) in [5.41, 5.74) is 3.82. The molecule has 5 nitrogen and oxygen atoms in total. The number of thiophene rings is 1. The van der Waals surface area contributed by atoms with Crippen LogP contribution in [-0.4, -0.2) is 20.9 Å². The van der Waals surface area contributed by atoms with E-state index in [9.17, 15) is 0 Å². The van der Waals surface area contributed by atoms with Crippen LogP contribution in [0.15, 0.2) is 40.9 Å². The Hall–Kier alpha value is -2.12. The number of aromatic nitrogens is 3. The van der Waals surface area contributed by atoms with Gasteiger partial charge >= 0.3 is 0 Å². The van der Waals surface area contributed by atoms with E-state index in [4.69, 9.17) is 4.74 Å². The fourth-order valence-corrected chi connectivity index (χ4v) is 4.21. The Morgan fingerprint density at radius 2 is 2.12 bits per heavy atom. The van der Waals surface area contributed by atoms with E-state index in [1.54, 1.807) is 23.1 Å². The zero-order valence-electron chi connectivity index (χ0n) is 14.0. The van der Waals surface area contributed by atoms with E-state index in [-0.39, 0.29) is 6.23 Å². The fraction of sp³-hybridized carbons (Fsp3) is 0.278. The van der Waals surface area contributed by atoms with E-state index in [2.05, 4.69) is 45.8 Å². The van der Waals surface area contributed by atoms with Crippen molar-refractivity contribution in [3.63, 3.8) is 0 Å². The van der Waals surface area contributed by atoms with Gasteiger partial charge in [-0.05, 0) is 36.4 Å². The third-order valence-corrected chi connectivity index (χ3v) is 6.01. The second-order valence-corrected chi connectivity index (χ2v) is 7.76. The summed E-state index contributed by atoms with van der Waals surface area (Å²) in [6, 6.07) is 10.1. The van der Waals surface area contributed by atoms with Crippen LogP contribution in [-0.2, 0) is 0 Å². The number of ether oxygens (including phenoxy) is 1. The SMILES string of the molecule is CCCSc1nnc2c(n1)O[C@@H](c1sccc1C)Nc1ccccc1-2. The third kappa shape index (κ3) is 3.21. The summed E-state index contributed by atoms with van der Waals surface area (Å²) in [4.78, 5) is 5.77. The molecule has 25 heavy (non-hydrogen) atoms. The number of benzene rings is 1. The lowest BCUT2D eigenvalue weighted by Gasteiger charge is -2.18. The maximum absolute atomic E-state index is 6.26. The van der Waals surface area contributed by atoms with Crippen molar-refractivity contribution in [1.82, 2.24) is 15.2 Å². The van der Waals surface area contributed by atoms with Gasteiger partial charge in [0.25, 0.3) is 0 Å². The summed E-state index contributed by atoms with van der Waals surface area (Å²) in [5, 5.41) is 14.9. The van der Waals surface area contributed by atoms with Crippen LogP contribution in [0.4, 0.5) is 5.69 Å². The van der Waals surface area contributed by atoms with Gasteiger partial charge in [-0.3, -0.25) is 0 Å². The molecule has 128 valence electrons. The number of anilines is 1. The lowest BCUT2D eigenvalue weighted by Crippen LogP contribution is -2.16. The van der Waals surface area contributed by atoms with E-state index < -0.39 is 0 Å². The van der Waals surface area contributed by atoms with Gasteiger partial charge in [-0.25, -0.2) is 0 Å². The normalized spacial score (nSPS) is 15.5. The predicted octanol–water partition coefficient (Wildman–Crippen LogP) is 4.91. The molecule has 0 spiro atoms. The highest BCUT2D eigenvalue weighted by molar-refractivity contribution is 7.99. The predicted molar refractivity (Wildman–Crippen MR) is 102 cm³/mol. The molecular weight excluding hydrogens is 352 g/mol. The van der Waals surface area contributed by atoms with Gasteiger partial charge < -0.3 is 10.1 Å². The number of fused-ring (bicyclic) bond motifs is 3. The smallest absolute Gasteiger partial charge is 0.247 e. The van der Waals surface area contributed by atoms with Crippen LogP contribution in [0.2, 0.25) is 0 Å². The van der Waals surface area contributed by atoms with Crippen molar-refractivity contribution in [2.75, 3.05) is 11.1 Å². The third-order valence-electron chi connectivity index (χ3n) is 3.91. The average molecular weight is 371 g/mol.